The molecule has 0 saturated heterocycles. The molecular weight excluding hydrogens is 807 g/mol. The van der Waals surface area contributed by atoms with Crippen LogP contribution in [-0.2, 0) is 23.6 Å². The molecule has 0 saturated carbocycles. The van der Waals surface area contributed by atoms with Gasteiger partial charge in [0, 0.05) is 73.3 Å². The third-order valence-electron chi connectivity index (χ3n) is 13.2. The van der Waals surface area contributed by atoms with E-state index >= 15 is 0 Å². The molecule has 9 aromatic rings. The van der Waals surface area contributed by atoms with Gasteiger partial charge in [0.2, 0.25) is 0 Å². The van der Waals surface area contributed by atoms with Crippen LogP contribution in [0.2, 0.25) is 0 Å². The van der Waals surface area contributed by atoms with Crippen molar-refractivity contribution in [2.24, 2.45) is 0 Å². The topological polar surface area (TPSA) is 16.3 Å². The Kier molecular flexibility index (Phi) is 8.49. The van der Waals surface area contributed by atoms with Crippen molar-refractivity contribution >= 4 is 118 Å². The second-order valence-electron chi connectivity index (χ2n) is 17.2. The Morgan fingerprint density at radius 2 is 0.850 bits per heavy atom. The first-order valence-electron chi connectivity index (χ1n) is 21.0. The minimum absolute atomic E-state index is 0.867. The van der Waals surface area contributed by atoms with Gasteiger partial charge in [-0.05, 0) is 144 Å². The SMILES string of the molecule is CCN(CC)P1(=S)c2cc(-n3c4ccc(C)cc4c4cc(C)ccc43)ccc2N2c3ccc(-n4c5ccc(C)cc5c5cc(C)ccc54)cc3P(C)(=S)c3cc(C)cc1c32. The van der Waals surface area contributed by atoms with E-state index in [9.17, 15) is 0 Å². The van der Waals surface area contributed by atoms with E-state index in [2.05, 4.69) is 195 Å². The third-order valence-corrected chi connectivity index (χ3v) is 22.2. The predicted octanol–water partition coefficient (Wildman–Crippen LogP) is 12.3. The highest BCUT2D eigenvalue weighted by molar-refractivity contribution is 8.22. The van der Waals surface area contributed by atoms with Gasteiger partial charge in [0.05, 0.1) is 45.3 Å². The molecule has 0 fully saturated rings. The number of fused-ring (bicyclic) bond motifs is 10. The molecule has 11 rings (SSSR count). The van der Waals surface area contributed by atoms with Crippen molar-refractivity contribution in [2.45, 2.75) is 48.5 Å². The second kappa shape index (κ2) is 13.3. The summed E-state index contributed by atoms with van der Waals surface area (Å²) in [6, 6.07) is 44.1. The molecule has 298 valence electrons. The van der Waals surface area contributed by atoms with Gasteiger partial charge in [-0.15, -0.1) is 0 Å². The van der Waals surface area contributed by atoms with Crippen molar-refractivity contribution < 1.29 is 0 Å². The molecule has 7 aromatic carbocycles. The quantitative estimate of drug-likeness (QED) is 0.160. The fourth-order valence-electron chi connectivity index (χ4n) is 10.4. The van der Waals surface area contributed by atoms with E-state index < -0.39 is 12.2 Å². The molecule has 2 unspecified atom stereocenters. The van der Waals surface area contributed by atoms with E-state index in [1.807, 2.05) is 0 Å². The van der Waals surface area contributed by atoms with Gasteiger partial charge >= 0.3 is 0 Å². The zero-order valence-electron chi connectivity index (χ0n) is 35.5. The van der Waals surface area contributed by atoms with Crippen LogP contribution in [0.1, 0.15) is 41.7 Å². The smallest absolute Gasteiger partial charge is 0.0752 e. The number of hydrogen-bond donors (Lipinski definition) is 0. The van der Waals surface area contributed by atoms with Crippen LogP contribution in [0.15, 0.2) is 121 Å². The van der Waals surface area contributed by atoms with Crippen LogP contribution in [0.3, 0.4) is 0 Å². The van der Waals surface area contributed by atoms with Crippen LogP contribution in [0.25, 0.3) is 55.0 Å². The number of rotatable bonds is 5. The Hall–Kier alpha value is -4.80. The molecule has 0 N–H and O–H groups in total. The predicted molar refractivity (Wildman–Crippen MR) is 269 cm³/mol. The zero-order chi connectivity index (χ0) is 41.6. The first-order chi connectivity index (χ1) is 28.8. The van der Waals surface area contributed by atoms with Gasteiger partial charge < -0.3 is 14.0 Å². The highest BCUT2D eigenvalue weighted by Gasteiger charge is 2.46. The molecule has 2 aromatic heterocycles. The summed E-state index contributed by atoms with van der Waals surface area (Å²) in [6.07, 6.45) is -2.54. The Bertz CT molecular complexity index is 3340. The van der Waals surface area contributed by atoms with E-state index in [0.717, 1.165) is 24.5 Å². The molecule has 0 bridgehead atoms. The van der Waals surface area contributed by atoms with Gasteiger partial charge in [-0.3, -0.25) is 4.67 Å². The first-order valence-corrected chi connectivity index (χ1v) is 27.1. The summed E-state index contributed by atoms with van der Waals surface area (Å²) in [6.45, 7) is 19.6. The zero-order valence-corrected chi connectivity index (χ0v) is 38.9. The molecule has 0 amide bonds. The van der Waals surface area contributed by atoms with Gasteiger partial charge in [0.15, 0.2) is 0 Å². The summed E-state index contributed by atoms with van der Waals surface area (Å²) in [5.74, 6) is 0. The highest BCUT2D eigenvalue weighted by atomic mass is 32.4. The lowest BCUT2D eigenvalue weighted by atomic mass is 10.1. The van der Waals surface area contributed by atoms with Crippen LogP contribution in [-0.4, -0.2) is 33.6 Å². The number of hydrogen-bond acceptors (Lipinski definition) is 3. The lowest BCUT2D eigenvalue weighted by molar-refractivity contribution is 0.513. The van der Waals surface area contributed by atoms with Crippen molar-refractivity contribution in [3.8, 4) is 11.4 Å². The summed E-state index contributed by atoms with van der Waals surface area (Å²) in [5.41, 5.74) is 17.0. The van der Waals surface area contributed by atoms with E-state index in [1.54, 1.807) is 0 Å². The minimum Gasteiger partial charge on any atom is -0.309 e. The summed E-state index contributed by atoms with van der Waals surface area (Å²) < 4.78 is 7.49. The first kappa shape index (κ1) is 38.1. The summed E-state index contributed by atoms with van der Waals surface area (Å²) >= 11 is 14.3. The Balaban J connectivity index is 1.20. The number of aryl methyl sites for hydroxylation is 5. The Morgan fingerprint density at radius 3 is 1.28 bits per heavy atom. The van der Waals surface area contributed by atoms with Gasteiger partial charge in [-0.25, -0.2) is 0 Å². The normalized spacial score (nSPS) is 18.2. The fourth-order valence-corrected chi connectivity index (χ4v) is 18.6. The van der Waals surface area contributed by atoms with Crippen LogP contribution in [0.4, 0.5) is 17.1 Å². The van der Waals surface area contributed by atoms with Gasteiger partial charge in [-0.1, -0.05) is 84.0 Å². The number of nitrogens with zero attached hydrogens (tertiary/aromatic N) is 4. The van der Waals surface area contributed by atoms with Crippen molar-refractivity contribution in [1.29, 1.82) is 0 Å². The van der Waals surface area contributed by atoms with Crippen LogP contribution in [0, 0.1) is 34.6 Å². The molecule has 0 aliphatic carbocycles. The number of aromatic nitrogens is 2. The molecule has 4 heterocycles. The van der Waals surface area contributed by atoms with Gasteiger partial charge in [-0.2, -0.15) is 0 Å². The molecule has 0 radical (unpaired) electrons. The highest BCUT2D eigenvalue weighted by Crippen LogP contribution is 2.62. The summed E-state index contributed by atoms with van der Waals surface area (Å²) in [7, 11) is 0. The van der Waals surface area contributed by atoms with E-state index in [0.29, 0.717) is 0 Å². The van der Waals surface area contributed by atoms with Crippen LogP contribution in [0.5, 0.6) is 0 Å². The monoisotopic (exact) mass is 854 g/mol. The lowest BCUT2D eigenvalue weighted by Crippen LogP contribution is -2.46. The maximum absolute atomic E-state index is 7.27. The van der Waals surface area contributed by atoms with E-state index in [4.69, 9.17) is 23.6 Å². The van der Waals surface area contributed by atoms with E-state index in [-0.39, 0.29) is 0 Å². The van der Waals surface area contributed by atoms with E-state index in [1.165, 1.54) is 110 Å². The maximum Gasteiger partial charge on any atom is 0.0752 e. The van der Waals surface area contributed by atoms with Crippen molar-refractivity contribution in [2.75, 3.05) is 24.7 Å². The van der Waals surface area contributed by atoms with Gasteiger partial charge in [0.25, 0.3) is 0 Å². The average molecular weight is 855 g/mol. The standard InChI is InChI=1S/C52H48N4P2S2/c1-9-53(10-2)58(60)49-30-37(55-44-19-13-33(5)25-40(44)41-26-34(6)14-20-45(41)55)16-22-47(49)56-46-21-15-36(29-48(46)57(8,59)50-27-35(7)28-51(58)52(50)56)54-42-17-11-31(3)23-38(42)39-24-32(4)12-18-43(39)54/h11-30H,9-10H2,1-8H3. The maximum atomic E-state index is 7.27. The number of benzene rings is 7. The molecule has 4 nitrogen and oxygen atoms in total. The third kappa shape index (κ3) is 5.19. The summed E-state index contributed by atoms with van der Waals surface area (Å²) in [4.78, 5) is 2.54. The second-order valence-corrected chi connectivity index (χ2v) is 26.5. The molecule has 8 heteroatoms. The lowest BCUT2D eigenvalue weighted by Gasteiger charge is -2.48. The fraction of sp³-hybridized carbons (Fsp3) is 0.192. The summed E-state index contributed by atoms with van der Waals surface area (Å²) in [5, 5.41) is 10.2. The van der Waals surface area contributed by atoms with Crippen LogP contribution >= 0.6 is 12.2 Å². The van der Waals surface area contributed by atoms with Crippen molar-refractivity contribution in [1.82, 2.24) is 13.8 Å². The molecule has 2 aliphatic heterocycles. The molecule has 2 aliphatic rings. The van der Waals surface area contributed by atoms with Gasteiger partial charge in [0.1, 0.15) is 0 Å². The average Bonchev–Trinajstić information content (AvgIpc) is 3.71. The molecule has 60 heavy (non-hydrogen) atoms. The minimum atomic E-state index is -2.54. The largest absolute Gasteiger partial charge is 0.309 e. The van der Waals surface area contributed by atoms with Crippen LogP contribution < -0.4 is 26.1 Å². The Labute approximate surface area is 363 Å². The van der Waals surface area contributed by atoms with Crippen molar-refractivity contribution in [3.63, 3.8) is 0 Å². The Morgan fingerprint density at radius 1 is 0.450 bits per heavy atom. The molecule has 0 spiro atoms. The number of anilines is 3. The van der Waals surface area contributed by atoms with Crippen molar-refractivity contribution in [3.05, 3.63) is 149 Å². The molecule has 2 atom stereocenters. The molecular formula is C52H48N4P2S2.